The molecule has 45 valence electrons. The maximum atomic E-state index is 3.04. The van der Waals surface area contributed by atoms with Gasteiger partial charge in [0.1, 0.15) is 0 Å². The Morgan fingerprint density at radius 1 is 1.10 bits per heavy atom. The van der Waals surface area contributed by atoms with Crippen LogP contribution in [0.1, 0.15) is 0 Å². The molecule has 0 saturated heterocycles. The molecule has 0 amide bonds. The fraction of sp³-hybridized carbons (Fsp3) is 0. The minimum atomic E-state index is 1.25. The molecule has 2 rings (SSSR count). The molecule has 1 aromatic heterocycles. The third-order valence-electron chi connectivity index (χ3n) is 1.59. The van der Waals surface area contributed by atoms with Gasteiger partial charge in [0.05, 0.1) is 0 Å². The van der Waals surface area contributed by atoms with Gasteiger partial charge in [-0.2, -0.15) is 0 Å². The molecule has 1 heterocycles. The number of rotatable bonds is 0. The van der Waals surface area contributed by atoms with Crippen molar-refractivity contribution >= 4 is 17.6 Å². The van der Waals surface area contributed by atoms with Gasteiger partial charge in [-0.3, -0.25) is 0 Å². The average Bonchev–Trinajstić information content (AvgIpc) is 2.05. The molecule has 1 heteroatoms. The van der Waals surface area contributed by atoms with Crippen molar-refractivity contribution < 1.29 is 0 Å². The van der Waals surface area contributed by atoms with Crippen LogP contribution in [0.5, 0.6) is 0 Å². The standard InChI is InChI=1S/C9H6B/c1-2-6-9-8(4-1)5-3-7-10-9/h1-6H. The number of hydrogen-bond acceptors (Lipinski definition) is 0. The Morgan fingerprint density at radius 3 is 2.90 bits per heavy atom. The summed E-state index contributed by atoms with van der Waals surface area (Å²) in [4.78, 5) is 0. The quantitative estimate of drug-likeness (QED) is 0.504. The van der Waals surface area contributed by atoms with Crippen molar-refractivity contribution in [3.05, 3.63) is 42.4 Å². The van der Waals surface area contributed by atoms with Gasteiger partial charge in [0.25, 0.3) is 0 Å². The zero-order valence-electron chi connectivity index (χ0n) is 5.54. The van der Waals surface area contributed by atoms with Crippen molar-refractivity contribution in [2.24, 2.45) is 0 Å². The van der Waals surface area contributed by atoms with Crippen LogP contribution < -0.4 is 0 Å². The third kappa shape index (κ3) is 0.839. The van der Waals surface area contributed by atoms with Gasteiger partial charge in [0, 0.05) is 0 Å². The van der Waals surface area contributed by atoms with Gasteiger partial charge in [-0.1, -0.05) is 0 Å². The number of fused-ring (bicyclic) bond motifs is 1. The molecular weight excluding hydrogens is 119 g/mol. The molecule has 0 atom stereocenters. The first-order valence-electron chi connectivity index (χ1n) is 3.32. The summed E-state index contributed by atoms with van der Waals surface area (Å²) < 4.78 is 0. The van der Waals surface area contributed by atoms with E-state index in [9.17, 15) is 0 Å². The Labute approximate surface area is 60.7 Å². The van der Waals surface area contributed by atoms with Gasteiger partial charge in [0.2, 0.25) is 0 Å². The van der Waals surface area contributed by atoms with E-state index in [1.54, 1.807) is 0 Å². The van der Waals surface area contributed by atoms with E-state index in [1.165, 1.54) is 10.7 Å². The summed E-state index contributed by atoms with van der Waals surface area (Å²) in [7, 11) is 0. The second-order valence-corrected chi connectivity index (χ2v) is 2.27. The summed E-state index contributed by atoms with van der Waals surface area (Å²) in [5, 5.41) is 2.53. The van der Waals surface area contributed by atoms with Crippen LogP contribution in [0, 0.1) is 5.96 Å². The predicted molar refractivity (Wildman–Crippen MR) is 44.1 cm³/mol. The van der Waals surface area contributed by atoms with Crippen molar-refractivity contribution in [3.63, 3.8) is 0 Å². The average molecular weight is 125 g/mol. The van der Waals surface area contributed by atoms with Crippen LogP contribution in [0.2, 0.25) is 0 Å². The minimum absolute atomic E-state index is 1.25. The molecule has 1 aromatic carbocycles. The van der Waals surface area contributed by atoms with E-state index < -0.39 is 0 Å². The summed E-state index contributed by atoms with van der Waals surface area (Å²) >= 11 is 0. The predicted octanol–water partition coefficient (Wildman–Crippen LogP) is 1.98. The molecule has 0 unspecified atom stereocenters. The summed E-state index contributed by atoms with van der Waals surface area (Å²) in [6.07, 6.45) is 0. The Hall–Kier alpha value is -1.11. The van der Waals surface area contributed by atoms with Crippen LogP contribution in [-0.4, -0.2) is 6.91 Å². The molecule has 0 aliphatic heterocycles. The van der Waals surface area contributed by atoms with Crippen LogP contribution >= 0.6 is 0 Å². The fourth-order valence-corrected chi connectivity index (χ4v) is 1.07. The first-order valence-corrected chi connectivity index (χ1v) is 3.32. The number of benzene rings is 1. The van der Waals surface area contributed by atoms with Crippen molar-refractivity contribution in [3.8, 4) is 0 Å². The Balaban J connectivity index is 2.89. The van der Waals surface area contributed by atoms with E-state index in [2.05, 4.69) is 24.2 Å². The van der Waals surface area contributed by atoms with E-state index in [1.807, 2.05) is 25.1 Å². The normalized spacial score (nSPS) is 9.60. The zero-order chi connectivity index (χ0) is 6.81. The monoisotopic (exact) mass is 125 g/mol. The van der Waals surface area contributed by atoms with Crippen LogP contribution in [0.15, 0.2) is 36.4 Å². The van der Waals surface area contributed by atoms with Crippen LogP contribution in [-0.2, 0) is 0 Å². The topological polar surface area (TPSA) is 0 Å². The fourth-order valence-electron chi connectivity index (χ4n) is 1.07. The molecule has 2 aromatic rings. The molecule has 0 bridgehead atoms. The van der Waals surface area contributed by atoms with Gasteiger partial charge in [-0.05, 0) is 0 Å². The van der Waals surface area contributed by atoms with Gasteiger partial charge in [0.15, 0.2) is 0 Å². The second kappa shape index (κ2) is 2.26. The van der Waals surface area contributed by atoms with E-state index in [4.69, 9.17) is 0 Å². The molecule has 10 heavy (non-hydrogen) atoms. The molecule has 0 aliphatic carbocycles. The van der Waals surface area contributed by atoms with Crippen molar-refractivity contribution in [2.45, 2.75) is 0 Å². The van der Waals surface area contributed by atoms with Crippen LogP contribution in [0.4, 0.5) is 0 Å². The first kappa shape index (κ1) is 5.66. The third-order valence-corrected chi connectivity index (χ3v) is 1.59. The van der Waals surface area contributed by atoms with E-state index in [0.717, 1.165) is 0 Å². The summed E-state index contributed by atoms with van der Waals surface area (Å²) in [6, 6.07) is 12.3. The maximum absolute atomic E-state index is 3.04. The van der Waals surface area contributed by atoms with Gasteiger partial charge in [-0.15, -0.1) is 0 Å². The number of hydrogen-bond donors (Lipinski definition) is 0. The second-order valence-electron chi connectivity index (χ2n) is 2.27. The summed E-state index contributed by atoms with van der Waals surface area (Å²) in [5.74, 6) is 3.04. The van der Waals surface area contributed by atoms with E-state index in [-0.39, 0.29) is 0 Å². The molecular formula is C9H6B. The van der Waals surface area contributed by atoms with Gasteiger partial charge >= 0.3 is 59.9 Å². The van der Waals surface area contributed by atoms with Crippen molar-refractivity contribution in [2.75, 3.05) is 0 Å². The zero-order valence-corrected chi connectivity index (χ0v) is 5.54. The first-order chi connectivity index (χ1) is 4.97. The Kier molecular flexibility index (Phi) is 1.28. The SMILES string of the molecule is b1[c]ccc2ccccc12. The summed E-state index contributed by atoms with van der Waals surface area (Å²) in [6.45, 7) is 2.00. The van der Waals surface area contributed by atoms with E-state index in [0.29, 0.717) is 0 Å². The van der Waals surface area contributed by atoms with Crippen LogP contribution in [0.25, 0.3) is 10.7 Å². The molecule has 0 fully saturated rings. The van der Waals surface area contributed by atoms with Crippen molar-refractivity contribution in [1.82, 2.24) is 0 Å². The van der Waals surface area contributed by atoms with E-state index >= 15 is 0 Å². The molecule has 0 aliphatic rings. The van der Waals surface area contributed by atoms with Crippen LogP contribution in [0.3, 0.4) is 0 Å². The summed E-state index contributed by atoms with van der Waals surface area (Å²) in [5.41, 5.74) is 0. The molecule has 0 nitrogen and oxygen atoms in total. The van der Waals surface area contributed by atoms with Gasteiger partial charge in [-0.25, -0.2) is 0 Å². The molecule has 1 radical (unpaired) electrons. The Bertz CT molecular complexity index is 276. The molecule has 0 saturated carbocycles. The molecule has 0 N–H and O–H groups in total. The van der Waals surface area contributed by atoms with Gasteiger partial charge < -0.3 is 0 Å². The Morgan fingerprint density at radius 2 is 2.00 bits per heavy atom. The molecule has 0 spiro atoms. The van der Waals surface area contributed by atoms with Crippen molar-refractivity contribution in [1.29, 1.82) is 0 Å².